The molecule has 0 spiro atoms. The summed E-state index contributed by atoms with van der Waals surface area (Å²) in [5.74, 6) is 0. The molecule has 0 aliphatic heterocycles. The van der Waals surface area contributed by atoms with Crippen molar-refractivity contribution in [3.63, 3.8) is 0 Å². The zero-order valence-corrected chi connectivity index (χ0v) is 12.1. The molecule has 0 aromatic rings. The number of nitrogens with zero attached hydrogens (tertiary/aromatic N) is 1. The molecular weight excluding hydrogens is 208 g/mol. The van der Waals surface area contributed by atoms with E-state index >= 15 is 0 Å². The SMILES string of the molecule is CCCCCN.CC[N+](C)(CC)CC.[Cl-]. The Labute approximate surface area is 103 Å². The Morgan fingerprint density at radius 2 is 1.27 bits per heavy atom. The Morgan fingerprint density at radius 3 is 1.33 bits per heavy atom. The Morgan fingerprint density at radius 1 is 0.867 bits per heavy atom. The number of rotatable bonds is 6. The zero-order valence-electron chi connectivity index (χ0n) is 11.4. The molecule has 0 rings (SSSR count). The summed E-state index contributed by atoms with van der Waals surface area (Å²) in [7, 11) is 2.29. The molecule has 2 nitrogen and oxygen atoms in total. The van der Waals surface area contributed by atoms with Gasteiger partial charge in [-0.1, -0.05) is 19.8 Å². The topological polar surface area (TPSA) is 26.0 Å². The van der Waals surface area contributed by atoms with Crippen LogP contribution in [0.5, 0.6) is 0 Å². The van der Waals surface area contributed by atoms with Gasteiger partial charge in [-0.3, -0.25) is 0 Å². The van der Waals surface area contributed by atoms with E-state index in [-0.39, 0.29) is 12.4 Å². The maximum Gasteiger partial charge on any atom is 0.0755 e. The van der Waals surface area contributed by atoms with Crippen LogP contribution in [0.15, 0.2) is 0 Å². The largest absolute Gasteiger partial charge is 1.00 e. The third kappa shape index (κ3) is 14.2. The lowest BCUT2D eigenvalue weighted by Crippen LogP contribution is -3.00. The number of hydrogen-bond acceptors (Lipinski definition) is 1. The Kier molecular flexibility index (Phi) is 19.5. The lowest BCUT2D eigenvalue weighted by atomic mass is 10.3. The van der Waals surface area contributed by atoms with Crippen LogP contribution < -0.4 is 18.1 Å². The third-order valence-corrected chi connectivity index (χ3v) is 3.10. The summed E-state index contributed by atoms with van der Waals surface area (Å²) in [6, 6.07) is 0. The maximum absolute atomic E-state index is 5.21. The van der Waals surface area contributed by atoms with Crippen molar-refractivity contribution in [3.05, 3.63) is 0 Å². The number of nitrogens with two attached hydrogens (primary N) is 1. The standard InChI is InChI=1S/C7H18N.C5H13N.ClH/c1-5-8(4,6-2)7-3;1-2-3-4-5-6;/h5-7H2,1-4H3;2-6H2,1H3;1H/q+1;;/p-1. The fraction of sp³-hybridized carbons (Fsp3) is 1.00. The van der Waals surface area contributed by atoms with Gasteiger partial charge in [0.2, 0.25) is 0 Å². The molecule has 0 aliphatic carbocycles. The Bertz CT molecular complexity index is 91.5. The monoisotopic (exact) mass is 238 g/mol. The van der Waals surface area contributed by atoms with Gasteiger partial charge >= 0.3 is 0 Å². The fourth-order valence-corrected chi connectivity index (χ4v) is 1.07. The minimum atomic E-state index is 0. The first-order valence-electron chi connectivity index (χ1n) is 6.13. The van der Waals surface area contributed by atoms with E-state index in [0.717, 1.165) is 6.54 Å². The minimum Gasteiger partial charge on any atom is -1.00 e. The Balaban J connectivity index is -0.000000187. The average molecular weight is 239 g/mol. The molecule has 0 fully saturated rings. The molecule has 15 heavy (non-hydrogen) atoms. The summed E-state index contributed by atoms with van der Waals surface area (Å²) in [6.07, 6.45) is 3.75. The van der Waals surface area contributed by atoms with Crippen molar-refractivity contribution in [3.8, 4) is 0 Å². The van der Waals surface area contributed by atoms with Crippen molar-refractivity contribution in [1.82, 2.24) is 0 Å². The van der Waals surface area contributed by atoms with Crippen LogP contribution in [-0.2, 0) is 0 Å². The van der Waals surface area contributed by atoms with E-state index in [1.54, 1.807) is 0 Å². The van der Waals surface area contributed by atoms with Crippen LogP contribution in [0.25, 0.3) is 0 Å². The summed E-state index contributed by atoms with van der Waals surface area (Å²) in [4.78, 5) is 0. The lowest BCUT2D eigenvalue weighted by Gasteiger charge is -2.30. The first kappa shape index (κ1) is 20.6. The molecule has 2 N–H and O–H groups in total. The van der Waals surface area contributed by atoms with E-state index in [2.05, 4.69) is 34.7 Å². The molecule has 0 heterocycles. The fourth-order valence-electron chi connectivity index (χ4n) is 1.07. The molecular formula is C12H31ClN2. The Hall–Kier alpha value is 0.210. The third-order valence-electron chi connectivity index (χ3n) is 3.10. The molecule has 96 valence electrons. The molecule has 0 aromatic carbocycles. The van der Waals surface area contributed by atoms with Crippen LogP contribution in [0.1, 0.15) is 47.0 Å². The van der Waals surface area contributed by atoms with Gasteiger partial charge < -0.3 is 22.6 Å². The van der Waals surface area contributed by atoms with Gasteiger partial charge in [-0.2, -0.15) is 0 Å². The van der Waals surface area contributed by atoms with Gasteiger partial charge in [0.1, 0.15) is 0 Å². The van der Waals surface area contributed by atoms with Crippen LogP contribution in [-0.4, -0.2) is 37.7 Å². The molecule has 0 saturated heterocycles. The van der Waals surface area contributed by atoms with Gasteiger partial charge in [0.05, 0.1) is 26.7 Å². The van der Waals surface area contributed by atoms with Gasteiger partial charge in [-0.25, -0.2) is 0 Å². The summed E-state index contributed by atoms with van der Waals surface area (Å²) in [6.45, 7) is 13.5. The van der Waals surface area contributed by atoms with Crippen LogP contribution >= 0.6 is 0 Å². The number of hydrogen-bond donors (Lipinski definition) is 1. The van der Waals surface area contributed by atoms with Crippen molar-refractivity contribution < 1.29 is 16.9 Å². The van der Waals surface area contributed by atoms with Crippen LogP contribution in [0, 0.1) is 0 Å². The van der Waals surface area contributed by atoms with E-state index in [1.807, 2.05) is 0 Å². The van der Waals surface area contributed by atoms with Crippen molar-refractivity contribution >= 4 is 0 Å². The molecule has 0 radical (unpaired) electrons. The molecule has 0 saturated carbocycles. The highest BCUT2D eigenvalue weighted by atomic mass is 35.5. The van der Waals surface area contributed by atoms with E-state index in [0.29, 0.717) is 0 Å². The molecule has 0 bridgehead atoms. The normalized spacial score (nSPS) is 10.0. The van der Waals surface area contributed by atoms with Crippen molar-refractivity contribution in [2.45, 2.75) is 47.0 Å². The second kappa shape index (κ2) is 14.2. The van der Waals surface area contributed by atoms with E-state index in [9.17, 15) is 0 Å². The number of unbranched alkanes of at least 4 members (excludes halogenated alkanes) is 2. The average Bonchev–Trinajstić information content (AvgIpc) is 2.26. The van der Waals surface area contributed by atoms with E-state index < -0.39 is 0 Å². The van der Waals surface area contributed by atoms with Gasteiger partial charge in [0.15, 0.2) is 0 Å². The number of halogens is 1. The van der Waals surface area contributed by atoms with Gasteiger partial charge in [0, 0.05) is 0 Å². The highest BCUT2D eigenvalue weighted by molar-refractivity contribution is 4.35. The van der Waals surface area contributed by atoms with Gasteiger partial charge in [-0.05, 0) is 33.7 Å². The molecule has 3 heteroatoms. The predicted molar refractivity (Wildman–Crippen MR) is 66.4 cm³/mol. The summed E-state index contributed by atoms with van der Waals surface area (Å²) in [5, 5.41) is 0. The van der Waals surface area contributed by atoms with Gasteiger partial charge in [-0.15, -0.1) is 0 Å². The zero-order chi connectivity index (χ0) is 11.4. The summed E-state index contributed by atoms with van der Waals surface area (Å²) >= 11 is 0. The lowest BCUT2D eigenvalue weighted by molar-refractivity contribution is -0.904. The molecule has 0 atom stereocenters. The number of quaternary nitrogens is 1. The summed E-state index contributed by atoms with van der Waals surface area (Å²) < 4.78 is 1.21. The quantitative estimate of drug-likeness (QED) is 0.496. The molecule has 0 aliphatic rings. The second-order valence-corrected chi connectivity index (χ2v) is 4.06. The smallest absolute Gasteiger partial charge is 0.0755 e. The van der Waals surface area contributed by atoms with Crippen LogP contribution in [0.3, 0.4) is 0 Å². The highest BCUT2D eigenvalue weighted by Crippen LogP contribution is 1.97. The minimum absolute atomic E-state index is 0. The van der Waals surface area contributed by atoms with Crippen LogP contribution in [0.4, 0.5) is 0 Å². The predicted octanol–water partition coefficient (Wildman–Crippen LogP) is -0.368. The first-order valence-corrected chi connectivity index (χ1v) is 6.13. The van der Waals surface area contributed by atoms with E-state index in [1.165, 1.54) is 43.4 Å². The van der Waals surface area contributed by atoms with Gasteiger partial charge in [0.25, 0.3) is 0 Å². The van der Waals surface area contributed by atoms with Crippen LogP contribution in [0.2, 0.25) is 0 Å². The van der Waals surface area contributed by atoms with E-state index in [4.69, 9.17) is 5.73 Å². The second-order valence-electron chi connectivity index (χ2n) is 4.06. The highest BCUT2D eigenvalue weighted by Gasteiger charge is 2.10. The van der Waals surface area contributed by atoms with Crippen molar-refractivity contribution in [2.75, 3.05) is 33.2 Å². The molecule has 0 aromatic heterocycles. The van der Waals surface area contributed by atoms with Crippen molar-refractivity contribution in [1.29, 1.82) is 0 Å². The summed E-state index contributed by atoms with van der Waals surface area (Å²) in [5.41, 5.74) is 5.21. The maximum atomic E-state index is 5.21. The molecule has 0 amide bonds. The first-order chi connectivity index (χ1) is 6.60. The van der Waals surface area contributed by atoms with Crippen molar-refractivity contribution in [2.24, 2.45) is 5.73 Å². The molecule has 0 unspecified atom stereocenters.